The summed E-state index contributed by atoms with van der Waals surface area (Å²) in [7, 11) is 0. The van der Waals surface area contributed by atoms with E-state index in [1.165, 1.54) is 4.90 Å². The molecule has 0 saturated carbocycles. The largest absolute Gasteiger partial charge is 0.298 e. The fraction of sp³-hybridized carbons (Fsp3) is 0. The number of carbonyl (C=O) groups is 2. The fourth-order valence-electron chi connectivity index (χ4n) is 3.05. The Morgan fingerprint density at radius 1 is 1.00 bits per heavy atom. The summed E-state index contributed by atoms with van der Waals surface area (Å²) >= 11 is 11.2. The van der Waals surface area contributed by atoms with E-state index in [1.807, 2.05) is 36.4 Å². The number of nitrogens with one attached hydrogen (secondary N) is 1. The van der Waals surface area contributed by atoms with Crippen molar-refractivity contribution in [3.8, 4) is 11.1 Å². The third kappa shape index (κ3) is 3.81. The molecule has 2 heterocycles. The van der Waals surface area contributed by atoms with Crippen molar-refractivity contribution in [2.45, 2.75) is 0 Å². The SMILES string of the molecule is O=C1NC(=S)N(c2ccc(Cl)cc2)C(=O)/C1=C\c1ccccc1-c1cccnc1. The number of benzene rings is 2. The summed E-state index contributed by atoms with van der Waals surface area (Å²) in [4.78, 5) is 31.1. The number of hydrogen-bond acceptors (Lipinski definition) is 4. The lowest BCUT2D eigenvalue weighted by atomic mass is 9.98. The Morgan fingerprint density at radius 3 is 2.48 bits per heavy atom. The zero-order chi connectivity index (χ0) is 20.4. The molecule has 1 saturated heterocycles. The van der Waals surface area contributed by atoms with Crippen LogP contribution in [-0.4, -0.2) is 21.9 Å². The number of thiocarbonyl (C=S) groups is 1. The van der Waals surface area contributed by atoms with Crippen LogP contribution in [0.5, 0.6) is 0 Å². The molecule has 0 atom stereocenters. The van der Waals surface area contributed by atoms with Crippen LogP contribution in [0.25, 0.3) is 17.2 Å². The molecule has 142 valence electrons. The van der Waals surface area contributed by atoms with Gasteiger partial charge in [-0.1, -0.05) is 41.9 Å². The molecular weight excluding hydrogens is 406 g/mol. The van der Waals surface area contributed by atoms with Gasteiger partial charge in [0.1, 0.15) is 5.57 Å². The number of halogens is 1. The number of pyridine rings is 1. The summed E-state index contributed by atoms with van der Waals surface area (Å²) in [5.41, 5.74) is 2.98. The minimum absolute atomic E-state index is 0.00936. The highest BCUT2D eigenvalue weighted by atomic mass is 35.5. The lowest BCUT2D eigenvalue weighted by molar-refractivity contribution is -0.122. The highest BCUT2D eigenvalue weighted by Gasteiger charge is 2.34. The molecule has 0 spiro atoms. The monoisotopic (exact) mass is 419 g/mol. The molecule has 2 amide bonds. The van der Waals surface area contributed by atoms with Crippen molar-refractivity contribution in [1.29, 1.82) is 0 Å². The molecule has 1 aliphatic heterocycles. The Bertz CT molecular complexity index is 1140. The first-order valence-electron chi connectivity index (χ1n) is 8.71. The van der Waals surface area contributed by atoms with Gasteiger partial charge in [0, 0.05) is 23.0 Å². The summed E-state index contributed by atoms with van der Waals surface area (Å²) in [6.07, 6.45) is 4.99. The van der Waals surface area contributed by atoms with Crippen molar-refractivity contribution in [2.75, 3.05) is 4.90 Å². The molecule has 0 unspecified atom stereocenters. The van der Waals surface area contributed by atoms with Crippen LogP contribution in [0.15, 0.2) is 78.6 Å². The third-order valence-corrected chi connectivity index (χ3v) is 4.96. The first-order chi connectivity index (χ1) is 14.0. The van der Waals surface area contributed by atoms with E-state index in [1.54, 1.807) is 42.7 Å². The molecule has 7 heteroatoms. The number of rotatable bonds is 3. The van der Waals surface area contributed by atoms with Crippen molar-refractivity contribution < 1.29 is 9.59 Å². The summed E-state index contributed by atoms with van der Waals surface area (Å²) < 4.78 is 0. The van der Waals surface area contributed by atoms with Crippen LogP contribution in [0.3, 0.4) is 0 Å². The van der Waals surface area contributed by atoms with E-state index in [2.05, 4.69) is 10.3 Å². The normalized spacial score (nSPS) is 15.6. The molecular formula is C22H14ClN3O2S. The van der Waals surface area contributed by atoms with Gasteiger partial charge in [0.25, 0.3) is 11.8 Å². The number of amides is 2. The molecule has 1 aliphatic rings. The van der Waals surface area contributed by atoms with Crippen LogP contribution in [-0.2, 0) is 9.59 Å². The second-order valence-corrected chi connectivity index (χ2v) is 7.09. The van der Waals surface area contributed by atoms with E-state index in [0.717, 1.165) is 16.7 Å². The summed E-state index contributed by atoms with van der Waals surface area (Å²) in [5.74, 6) is -1.03. The number of aromatic nitrogens is 1. The molecule has 3 aromatic rings. The molecule has 0 aliphatic carbocycles. The molecule has 29 heavy (non-hydrogen) atoms. The Hall–Kier alpha value is -3.35. The van der Waals surface area contributed by atoms with E-state index in [9.17, 15) is 9.59 Å². The van der Waals surface area contributed by atoms with Crippen molar-refractivity contribution >= 4 is 52.5 Å². The first kappa shape index (κ1) is 19.0. The van der Waals surface area contributed by atoms with Crippen LogP contribution >= 0.6 is 23.8 Å². The molecule has 4 rings (SSSR count). The van der Waals surface area contributed by atoms with Gasteiger partial charge in [-0.3, -0.25) is 24.8 Å². The lowest BCUT2D eigenvalue weighted by Crippen LogP contribution is -2.54. The van der Waals surface area contributed by atoms with Gasteiger partial charge in [0.05, 0.1) is 5.69 Å². The van der Waals surface area contributed by atoms with Gasteiger partial charge in [-0.2, -0.15) is 0 Å². The number of nitrogens with zero attached hydrogens (tertiary/aromatic N) is 2. The Kier molecular flexibility index (Phi) is 5.20. The minimum Gasteiger partial charge on any atom is -0.298 e. The van der Waals surface area contributed by atoms with Gasteiger partial charge >= 0.3 is 0 Å². The van der Waals surface area contributed by atoms with Crippen LogP contribution in [0.2, 0.25) is 5.02 Å². The summed E-state index contributed by atoms with van der Waals surface area (Å²) in [6.45, 7) is 0. The fourth-order valence-corrected chi connectivity index (χ4v) is 3.45. The maximum Gasteiger partial charge on any atom is 0.270 e. The molecule has 2 aromatic carbocycles. The van der Waals surface area contributed by atoms with Crippen molar-refractivity contribution in [3.63, 3.8) is 0 Å². The van der Waals surface area contributed by atoms with Crippen LogP contribution in [0, 0.1) is 0 Å². The number of hydrogen-bond donors (Lipinski definition) is 1. The van der Waals surface area contributed by atoms with Gasteiger partial charge in [0.2, 0.25) is 0 Å². The smallest absolute Gasteiger partial charge is 0.270 e. The van der Waals surface area contributed by atoms with E-state index in [4.69, 9.17) is 23.8 Å². The Morgan fingerprint density at radius 2 is 1.76 bits per heavy atom. The van der Waals surface area contributed by atoms with Crippen molar-refractivity contribution in [1.82, 2.24) is 10.3 Å². The zero-order valence-corrected chi connectivity index (χ0v) is 16.6. The second kappa shape index (κ2) is 7.95. The molecule has 5 nitrogen and oxygen atoms in total. The standard InChI is InChI=1S/C22H14ClN3O2S/c23-16-7-9-17(10-8-16)26-21(28)19(20(27)25-22(26)29)12-14-4-1-2-6-18(14)15-5-3-11-24-13-15/h1-13H,(H,25,27,29)/b19-12-. The zero-order valence-electron chi connectivity index (χ0n) is 15.0. The predicted octanol–water partition coefficient (Wildman–Crippen LogP) is 4.23. The van der Waals surface area contributed by atoms with Gasteiger partial charge in [-0.25, -0.2) is 0 Å². The second-order valence-electron chi connectivity index (χ2n) is 6.26. The maximum atomic E-state index is 13.1. The van der Waals surface area contributed by atoms with Gasteiger partial charge < -0.3 is 0 Å². The molecule has 0 bridgehead atoms. The third-order valence-electron chi connectivity index (χ3n) is 4.42. The average molecular weight is 420 g/mol. The molecule has 1 aromatic heterocycles. The summed E-state index contributed by atoms with van der Waals surface area (Å²) in [6, 6.07) is 17.9. The number of anilines is 1. The van der Waals surface area contributed by atoms with Crippen LogP contribution < -0.4 is 10.2 Å². The van der Waals surface area contributed by atoms with Gasteiger partial charge in [-0.05, 0) is 59.8 Å². The molecule has 0 radical (unpaired) electrons. The highest BCUT2D eigenvalue weighted by molar-refractivity contribution is 7.80. The maximum absolute atomic E-state index is 13.1. The topological polar surface area (TPSA) is 62.3 Å². The Balaban J connectivity index is 1.78. The van der Waals surface area contributed by atoms with E-state index < -0.39 is 11.8 Å². The van der Waals surface area contributed by atoms with Gasteiger partial charge in [-0.15, -0.1) is 0 Å². The summed E-state index contributed by atoms with van der Waals surface area (Å²) in [5, 5.41) is 3.15. The van der Waals surface area contributed by atoms with Crippen LogP contribution in [0.4, 0.5) is 5.69 Å². The van der Waals surface area contributed by atoms with Crippen molar-refractivity contribution in [2.24, 2.45) is 0 Å². The van der Waals surface area contributed by atoms with Gasteiger partial charge in [0.15, 0.2) is 5.11 Å². The van der Waals surface area contributed by atoms with Crippen molar-refractivity contribution in [3.05, 3.63) is 89.2 Å². The van der Waals surface area contributed by atoms with E-state index >= 15 is 0 Å². The van der Waals surface area contributed by atoms with Crippen LogP contribution in [0.1, 0.15) is 5.56 Å². The predicted molar refractivity (Wildman–Crippen MR) is 117 cm³/mol. The minimum atomic E-state index is -0.536. The lowest BCUT2D eigenvalue weighted by Gasteiger charge is -2.29. The Labute approximate surface area is 177 Å². The first-order valence-corrected chi connectivity index (χ1v) is 9.49. The molecule has 1 fully saturated rings. The number of carbonyl (C=O) groups excluding carboxylic acids is 2. The van der Waals surface area contributed by atoms with E-state index in [-0.39, 0.29) is 10.7 Å². The van der Waals surface area contributed by atoms with E-state index in [0.29, 0.717) is 10.7 Å². The quantitative estimate of drug-likeness (QED) is 0.392. The average Bonchev–Trinajstić information content (AvgIpc) is 2.73. The molecule has 1 N–H and O–H groups in total. The highest BCUT2D eigenvalue weighted by Crippen LogP contribution is 2.27.